The first-order valence-electron chi connectivity index (χ1n) is 12.8. The molecule has 0 atom stereocenters. The number of hydrogen-bond acceptors (Lipinski definition) is 1. The summed E-state index contributed by atoms with van der Waals surface area (Å²) in [6, 6.07) is 22.5. The number of fused-ring (bicyclic) bond motifs is 1. The normalized spacial score (nSPS) is 17.0. The molecule has 1 aliphatic carbocycles. The van der Waals surface area contributed by atoms with Gasteiger partial charge in [0, 0.05) is 19.6 Å². The summed E-state index contributed by atoms with van der Waals surface area (Å²) >= 11 is 0. The number of nitrogens with zero attached hydrogens (tertiary/aromatic N) is 1. The molecular formula is C31H31F4N. The van der Waals surface area contributed by atoms with Gasteiger partial charge in [-0.15, -0.1) is 0 Å². The van der Waals surface area contributed by atoms with E-state index >= 15 is 0 Å². The summed E-state index contributed by atoms with van der Waals surface area (Å²) in [4.78, 5) is 2.29. The quantitative estimate of drug-likeness (QED) is 0.303. The molecule has 1 aliphatic heterocycles. The average molecular weight is 494 g/mol. The number of benzene rings is 3. The largest absolute Gasteiger partial charge is 0.416 e. The van der Waals surface area contributed by atoms with Gasteiger partial charge < -0.3 is 4.90 Å². The fourth-order valence-electron chi connectivity index (χ4n) is 5.73. The van der Waals surface area contributed by atoms with Crippen molar-refractivity contribution in [3.8, 4) is 0 Å². The molecule has 0 aromatic heterocycles. The van der Waals surface area contributed by atoms with Crippen molar-refractivity contribution in [1.29, 1.82) is 0 Å². The molecule has 5 heteroatoms. The van der Waals surface area contributed by atoms with Crippen molar-refractivity contribution in [2.24, 2.45) is 5.92 Å². The molecule has 0 unspecified atom stereocenters. The van der Waals surface area contributed by atoms with Gasteiger partial charge in [-0.25, -0.2) is 0 Å². The summed E-state index contributed by atoms with van der Waals surface area (Å²) in [6.45, 7) is 2.55. The Labute approximate surface area is 210 Å². The van der Waals surface area contributed by atoms with Crippen LogP contribution < -0.4 is 0 Å². The van der Waals surface area contributed by atoms with Gasteiger partial charge in [0.15, 0.2) is 0 Å². The predicted octanol–water partition coefficient (Wildman–Crippen LogP) is 7.83. The third-order valence-electron chi connectivity index (χ3n) is 7.43. The van der Waals surface area contributed by atoms with Crippen LogP contribution in [0.5, 0.6) is 0 Å². The number of allylic oxidation sites excluding steroid dienone is 1. The van der Waals surface area contributed by atoms with Crippen LogP contribution >= 0.6 is 0 Å². The van der Waals surface area contributed by atoms with E-state index in [1.807, 2.05) is 18.2 Å². The maximum atomic E-state index is 14.0. The molecule has 0 bridgehead atoms. The predicted molar refractivity (Wildman–Crippen MR) is 137 cm³/mol. The molecule has 5 rings (SSSR count). The number of alkyl halides is 4. The first-order chi connectivity index (χ1) is 17.4. The van der Waals surface area contributed by atoms with Gasteiger partial charge in [-0.1, -0.05) is 66.7 Å². The minimum atomic E-state index is -4.41. The van der Waals surface area contributed by atoms with Crippen molar-refractivity contribution >= 4 is 11.1 Å². The Morgan fingerprint density at radius 3 is 2.22 bits per heavy atom. The molecule has 3 aromatic rings. The first-order valence-corrected chi connectivity index (χ1v) is 12.8. The molecule has 2 aliphatic rings. The summed E-state index contributed by atoms with van der Waals surface area (Å²) < 4.78 is 54.4. The van der Waals surface area contributed by atoms with Crippen LogP contribution in [0.15, 0.2) is 72.8 Å². The molecule has 1 heterocycles. The Morgan fingerprint density at radius 2 is 1.50 bits per heavy atom. The zero-order valence-corrected chi connectivity index (χ0v) is 20.3. The molecule has 0 amide bonds. The molecule has 3 aromatic carbocycles. The van der Waals surface area contributed by atoms with E-state index < -0.39 is 11.7 Å². The fourth-order valence-corrected chi connectivity index (χ4v) is 5.73. The zero-order valence-electron chi connectivity index (χ0n) is 20.3. The van der Waals surface area contributed by atoms with E-state index in [2.05, 4.69) is 35.2 Å². The van der Waals surface area contributed by atoms with Gasteiger partial charge in [0.05, 0.1) is 12.2 Å². The van der Waals surface area contributed by atoms with E-state index in [1.54, 1.807) is 12.1 Å². The molecule has 0 radical (unpaired) electrons. The Morgan fingerprint density at radius 1 is 0.806 bits per heavy atom. The third kappa shape index (κ3) is 5.27. The van der Waals surface area contributed by atoms with Crippen molar-refractivity contribution < 1.29 is 17.6 Å². The Hall–Kier alpha value is -2.92. The van der Waals surface area contributed by atoms with E-state index in [0.29, 0.717) is 18.8 Å². The van der Waals surface area contributed by atoms with Gasteiger partial charge in [-0.05, 0) is 83.1 Å². The van der Waals surface area contributed by atoms with Crippen molar-refractivity contribution in [1.82, 2.24) is 4.90 Å². The van der Waals surface area contributed by atoms with Crippen molar-refractivity contribution in [2.75, 3.05) is 26.3 Å². The number of rotatable bonds is 7. The maximum absolute atomic E-state index is 14.0. The average Bonchev–Trinajstić information content (AvgIpc) is 3.05. The lowest BCUT2D eigenvalue weighted by molar-refractivity contribution is -0.137. The monoisotopic (exact) mass is 493 g/mol. The minimum absolute atomic E-state index is 0.267. The fraction of sp³-hybridized carbons (Fsp3) is 0.355. The lowest BCUT2D eigenvalue weighted by atomic mass is 9.85. The van der Waals surface area contributed by atoms with Gasteiger partial charge >= 0.3 is 6.18 Å². The summed E-state index contributed by atoms with van der Waals surface area (Å²) in [6.07, 6.45) is -0.610. The van der Waals surface area contributed by atoms with Crippen LogP contribution in [0.1, 0.15) is 52.6 Å². The summed E-state index contributed by atoms with van der Waals surface area (Å²) in [5.41, 5.74) is 5.78. The highest BCUT2D eigenvalue weighted by Crippen LogP contribution is 2.43. The molecule has 1 fully saturated rings. The van der Waals surface area contributed by atoms with Gasteiger partial charge in [0.1, 0.15) is 0 Å². The van der Waals surface area contributed by atoms with Crippen LogP contribution in [0, 0.1) is 5.92 Å². The first kappa shape index (κ1) is 24.8. The van der Waals surface area contributed by atoms with Crippen molar-refractivity contribution in [3.63, 3.8) is 0 Å². The van der Waals surface area contributed by atoms with Crippen molar-refractivity contribution in [3.05, 3.63) is 106 Å². The topological polar surface area (TPSA) is 3.24 Å². The maximum Gasteiger partial charge on any atom is 0.416 e. The highest BCUT2D eigenvalue weighted by Gasteiger charge is 2.35. The highest BCUT2D eigenvalue weighted by atomic mass is 19.4. The number of halogens is 4. The van der Waals surface area contributed by atoms with Crippen molar-refractivity contribution in [2.45, 2.75) is 38.3 Å². The van der Waals surface area contributed by atoms with Crippen LogP contribution in [0.3, 0.4) is 0 Å². The van der Waals surface area contributed by atoms with Crippen LogP contribution in [0.25, 0.3) is 11.1 Å². The van der Waals surface area contributed by atoms with E-state index in [9.17, 15) is 17.6 Å². The molecular weight excluding hydrogens is 462 g/mol. The Kier molecular flexibility index (Phi) is 7.29. The molecule has 1 nitrogen and oxygen atoms in total. The number of likely N-dealkylation sites (tertiary alicyclic amines) is 1. The minimum Gasteiger partial charge on any atom is -0.303 e. The number of aryl methyl sites for hydroxylation is 1. The lowest BCUT2D eigenvalue weighted by Gasteiger charge is -2.39. The molecule has 1 saturated heterocycles. The molecule has 0 saturated carbocycles. The van der Waals surface area contributed by atoms with Crippen LogP contribution in [0.2, 0.25) is 0 Å². The van der Waals surface area contributed by atoms with Crippen LogP contribution in [0.4, 0.5) is 17.6 Å². The summed E-state index contributed by atoms with van der Waals surface area (Å²) in [5.74, 6) is 0.572. The van der Waals surface area contributed by atoms with Gasteiger partial charge in [0.2, 0.25) is 0 Å². The van der Waals surface area contributed by atoms with Gasteiger partial charge in [-0.2, -0.15) is 13.2 Å². The van der Waals surface area contributed by atoms with Gasteiger partial charge in [-0.3, -0.25) is 4.39 Å². The lowest BCUT2D eigenvalue weighted by Crippen LogP contribution is -2.47. The molecule has 188 valence electrons. The third-order valence-corrected chi connectivity index (χ3v) is 7.43. The van der Waals surface area contributed by atoms with E-state index in [0.717, 1.165) is 61.2 Å². The molecule has 0 N–H and O–H groups in total. The standard InChI is InChI=1S/C31H31F4N/c32-17-6-18-36-20-23(21-36)19-22-13-15-25(16-14-22)30-26-9-2-1-7-24(26)8-5-11-28(30)27-10-3-4-12-29(27)31(33,34)35/h1-4,7,9-10,12-16,23H,5-6,8,11,17-21H2. The van der Waals surface area contributed by atoms with E-state index in [-0.39, 0.29) is 12.2 Å². The summed E-state index contributed by atoms with van der Waals surface area (Å²) in [7, 11) is 0. The Bertz CT molecular complexity index is 1220. The second-order valence-corrected chi connectivity index (χ2v) is 9.98. The Balaban J connectivity index is 1.51. The van der Waals surface area contributed by atoms with Crippen LogP contribution in [-0.2, 0) is 19.0 Å². The second-order valence-electron chi connectivity index (χ2n) is 9.98. The number of hydrogen-bond donors (Lipinski definition) is 0. The van der Waals surface area contributed by atoms with E-state index in [4.69, 9.17) is 0 Å². The van der Waals surface area contributed by atoms with Gasteiger partial charge in [0.25, 0.3) is 0 Å². The summed E-state index contributed by atoms with van der Waals surface area (Å²) in [5, 5.41) is 0. The molecule has 36 heavy (non-hydrogen) atoms. The SMILES string of the molecule is FCCCN1CC(Cc2ccc(C3=C(c4ccccc4C(F)(F)F)CCCc4ccccc43)cc2)C1. The molecule has 0 spiro atoms. The zero-order chi connectivity index (χ0) is 25.1. The smallest absolute Gasteiger partial charge is 0.303 e. The highest BCUT2D eigenvalue weighted by molar-refractivity contribution is 6.00. The van der Waals surface area contributed by atoms with E-state index in [1.165, 1.54) is 23.3 Å². The van der Waals surface area contributed by atoms with Crippen LogP contribution in [-0.4, -0.2) is 31.2 Å². The second kappa shape index (κ2) is 10.6.